The molecule has 2 N–H and O–H groups in total. The number of carbonyl (C=O) groups is 1. The van der Waals surface area contributed by atoms with Gasteiger partial charge in [-0.3, -0.25) is 4.79 Å². The number of hydrogen-bond acceptors (Lipinski definition) is 2. The van der Waals surface area contributed by atoms with Gasteiger partial charge in [0.05, 0.1) is 0 Å². The van der Waals surface area contributed by atoms with Crippen molar-refractivity contribution in [3.05, 3.63) is 0 Å². The summed E-state index contributed by atoms with van der Waals surface area (Å²) < 4.78 is 36.0. The Labute approximate surface area is 72.3 Å². The molecule has 0 bridgehead atoms. The third kappa shape index (κ3) is 1.36. The van der Waals surface area contributed by atoms with Gasteiger partial charge >= 0.3 is 12.1 Å². The Balaban J connectivity index is 0.00000121. The summed E-state index contributed by atoms with van der Waals surface area (Å²) in [6.07, 6.45) is -4.65. The van der Waals surface area contributed by atoms with Crippen molar-refractivity contribution >= 4 is 18.4 Å². The minimum Gasteiger partial charge on any atom is -0.481 e. The average molecular weight is 206 g/mol. The number of alkyl halides is 3. The lowest BCUT2D eigenvalue weighted by molar-refractivity contribution is -0.243. The molecule has 1 aliphatic rings. The van der Waals surface area contributed by atoms with Crippen molar-refractivity contribution in [1.29, 1.82) is 0 Å². The van der Waals surface area contributed by atoms with E-state index in [4.69, 9.17) is 5.11 Å². The molecule has 0 spiro atoms. The Bertz CT molecular complexity index is 190. The van der Waals surface area contributed by atoms with E-state index in [0.717, 1.165) is 0 Å². The molecule has 0 unspecified atom stereocenters. The van der Waals surface area contributed by atoms with E-state index in [2.05, 4.69) is 5.32 Å². The highest BCUT2D eigenvalue weighted by atomic mass is 35.5. The number of rotatable bonds is 1. The molecule has 1 aliphatic heterocycles. The maximum atomic E-state index is 12.0. The predicted molar refractivity (Wildman–Crippen MR) is 36.2 cm³/mol. The topological polar surface area (TPSA) is 49.3 Å². The fourth-order valence-electron chi connectivity index (χ4n) is 0.848. The summed E-state index contributed by atoms with van der Waals surface area (Å²) in [4.78, 5) is 10.2. The number of nitrogens with one attached hydrogen (secondary N) is 1. The summed E-state index contributed by atoms with van der Waals surface area (Å²) in [5.74, 6) is -1.80. The Hall–Kier alpha value is -0.490. The van der Waals surface area contributed by atoms with E-state index in [-0.39, 0.29) is 12.4 Å². The molecule has 0 amide bonds. The third-order valence-corrected chi connectivity index (χ3v) is 1.81. The van der Waals surface area contributed by atoms with Crippen LogP contribution in [-0.2, 0) is 4.79 Å². The molecule has 1 rings (SSSR count). The molecule has 1 fully saturated rings. The van der Waals surface area contributed by atoms with Crippen molar-refractivity contribution < 1.29 is 23.1 Å². The van der Waals surface area contributed by atoms with Crippen LogP contribution in [0.1, 0.15) is 0 Å². The zero-order chi connectivity index (χ0) is 8.70. The van der Waals surface area contributed by atoms with Gasteiger partial charge in [0.25, 0.3) is 0 Å². The van der Waals surface area contributed by atoms with Crippen LogP contribution in [0.3, 0.4) is 0 Å². The third-order valence-electron chi connectivity index (χ3n) is 1.81. The molecule has 0 aliphatic carbocycles. The largest absolute Gasteiger partial charge is 0.481 e. The molecular weight excluding hydrogens is 199 g/mol. The number of hydrogen-bond donors (Lipinski definition) is 2. The summed E-state index contributed by atoms with van der Waals surface area (Å²) in [7, 11) is 0. The lowest BCUT2D eigenvalue weighted by Gasteiger charge is -2.39. The van der Waals surface area contributed by atoms with Gasteiger partial charge in [0.15, 0.2) is 5.41 Å². The first-order chi connectivity index (χ1) is 4.90. The first kappa shape index (κ1) is 11.5. The van der Waals surface area contributed by atoms with Gasteiger partial charge in [0, 0.05) is 13.1 Å². The highest BCUT2D eigenvalue weighted by Crippen LogP contribution is 2.41. The quantitative estimate of drug-likeness (QED) is 0.661. The Morgan fingerprint density at radius 1 is 1.42 bits per heavy atom. The maximum Gasteiger partial charge on any atom is 0.407 e. The van der Waals surface area contributed by atoms with Crippen LogP contribution >= 0.6 is 12.4 Å². The van der Waals surface area contributed by atoms with Gasteiger partial charge in [-0.05, 0) is 0 Å². The zero-order valence-corrected chi connectivity index (χ0v) is 6.63. The lowest BCUT2D eigenvalue weighted by Crippen LogP contribution is -2.65. The molecule has 3 nitrogen and oxygen atoms in total. The van der Waals surface area contributed by atoms with Gasteiger partial charge in [-0.25, -0.2) is 0 Å². The second kappa shape index (κ2) is 3.10. The highest BCUT2D eigenvalue weighted by molar-refractivity contribution is 5.85. The smallest absolute Gasteiger partial charge is 0.407 e. The first-order valence-electron chi connectivity index (χ1n) is 2.91. The van der Waals surface area contributed by atoms with Crippen molar-refractivity contribution in [1.82, 2.24) is 5.32 Å². The highest BCUT2D eigenvalue weighted by Gasteiger charge is 2.64. The molecule has 0 aromatic carbocycles. The predicted octanol–water partition coefficient (Wildman–Crippen LogP) is 0.645. The second-order valence-electron chi connectivity index (χ2n) is 2.49. The van der Waals surface area contributed by atoms with E-state index in [1.165, 1.54) is 0 Å². The Morgan fingerprint density at radius 3 is 1.83 bits per heavy atom. The number of carboxylic acids is 1. The molecule has 0 saturated carbocycles. The standard InChI is InChI=1S/C5H6F3NO2.ClH/c6-5(7,8)4(3(10)11)1-9-2-4;/h9H,1-2H2,(H,10,11);1H. The van der Waals surface area contributed by atoms with Crippen LogP contribution in [0, 0.1) is 5.41 Å². The van der Waals surface area contributed by atoms with Crippen molar-refractivity contribution in [3.63, 3.8) is 0 Å². The number of halogens is 4. The van der Waals surface area contributed by atoms with Gasteiger partial charge in [0.2, 0.25) is 0 Å². The summed E-state index contributed by atoms with van der Waals surface area (Å²) in [5, 5.41) is 10.5. The fourth-order valence-corrected chi connectivity index (χ4v) is 0.848. The maximum absolute atomic E-state index is 12.0. The van der Waals surface area contributed by atoms with Gasteiger partial charge in [-0.2, -0.15) is 13.2 Å². The number of aliphatic carboxylic acids is 1. The molecule has 0 atom stereocenters. The fraction of sp³-hybridized carbons (Fsp3) is 0.800. The van der Waals surface area contributed by atoms with E-state index >= 15 is 0 Å². The van der Waals surface area contributed by atoms with Gasteiger partial charge < -0.3 is 10.4 Å². The molecule has 1 heterocycles. The van der Waals surface area contributed by atoms with Crippen LogP contribution in [-0.4, -0.2) is 30.3 Å². The second-order valence-corrected chi connectivity index (χ2v) is 2.49. The van der Waals surface area contributed by atoms with Gasteiger partial charge in [-0.1, -0.05) is 0 Å². The lowest BCUT2D eigenvalue weighted by atomic mass is 9.81. The average Bonchev–Trinajstić information content (AvgIpc) is 1.52. The van der Waals surface area contributed by atoms with E-state index < -0.39 is 30.7 Å². The molecule has 0 radical (unpaired) electrons. The van der Waals surface area contributed by atoms with Crippen molar-refractivity contribution in [2.45, 2.75) is 6.18 Å². The van der Waals surface area contributed by atoms with E-state index in [1.54, 1.807) is 0 Å². The van der Waals surface area contributed by atoms with Crippen molar-refractivity contribution in [3.8, 4) is 0 Å². The minimum atomic E-state index is -4.65. The van der Waals surface area contributed by atoms with E-state index in [1.807, 2.05) is 0 Å². The van der Waals surface area contributed by atoms with E-state index in [9.17, 15) is 18.0 Å². The SMILES string of the molecule is Cl.O=C(O)C1(C(F)(F)F)CNC1. The summed E-state index contributed by atoms with van der Waals surface area (Å²) >= 11 is 0. The molecule has 7 heteroatoms. The van der Waals surface area contributed by atoms with Crippen LogP contribution in [0.25, 0.3) is 0 Å². The molecule has 0 aromatic heterocycles. The molecule has 12 heavy (non-hydrogen) atoms. The van der Waals surface area contributed by atoms with Crippen LogP contribution in [0.2, 0.25) is 0 Å². The Morgan fingerprint density at radius 2 is 1.83 bits per heavy atom. The van der Waals surface area contributed by atoms with Crippen LogP contribution in [0.15, 0.2) is 0 Å². The minimum absolute atomic E-state index is 0. The van der Waals surface area contributed by atoms with Crippen molar-refractivity contribution in [2.24, 2.45) is 5.41 Å². The van der Waals surface area contributed by atoms with Crippen LogP contribution in [0.4, 0.5) is 13.2 Å². The van der Waals surface area contributed by atoms with E-state index in [0.29, 0.717) is 0 Å². The molecule has 0 aromatic rings. The summed E-state index contributed by atoms with van der Waals surface area (Å²) in [6, 6.07) is 0. The summed E-state index contributed by atoms with van der Waals surface area (Å²) in [6.45, 7) is -1.04. The Kier molecular flexibility index (Phi) is 2.97. The zero-order valence-electron chi connectivity index (χ0n) is 5.81. The molecule has 72 valence electrons. The summed E-state index contributed by atoms with van der Waals surface area (Å²) in [5.41, 5.74) is -2.53. The normalized spacial score (nSPS) is 20.6. The van der Waals surface area contributed by atoms with Crippen LogP contribution < -0.4 is 5.32 Å². The van der Waals surface area contributed by atoms with Crippen LogP contribution in [0.5, 0.6) is 0 Å². The molecule has 1 saturated heterocycles. The molecular formula is C5H7ClF3NO2. The first-order valence-corrected chi connectivity index (χ1v) is 2.91. The number of carboxylic acid groups (broad SMARTS) is 1. The van der Waals surface area contributed by atoms with Crippen molar-refractivity contribution in [2.75, 3.05) is 13.1 Å². The van der Waals surface area contributed by atoms with Gasteiger partial charge in [-0.15, -0.1) is 12.4 Å². The monoisotopic (exact) mass is 205 g/mol. The van der Waals surface area contributed by atoms with Gasteiger partial charge in [0.1, 0.15) is 0 Å².